The third-order valence-corrected chi connectivity index (χ3v) is 6.90. The third kappa shape index (κ3) is 3.01. The summed E-state index contributed by atoms with van der Waals surface area (Å²) in [5.74, 6) is 2.23. The van der Waals surface area contributed by atoms with E-state index in [0.717, 1.165) is 18.6 Å². The van der Waals surface area contributed by atoms with Crippen LogP contribution in [0.2, 0.25) is 0 Å². The summed E-state index contributed by atoms with van der Waals surface area (Å²) < 4.78 is 5.74. The van der Waals surface area contributed by atoms with Gasteiger partial charge in [-0.2, -0.15) is 0 Å². The first-order valence-corrected chi connectivity index (χ1v) is 10.5. The average molecular weight is 366 g/mol. The van der Waals surface area contributed by atoms with Crippen molar-refractivity contribution in [3.63, 3.8) is 0 Å². The number of hydrogen-bond acceptors (Lipinski definition) is 2. The molecule has 1 fully saturated rings. The summed E-state index contributed by atoms with van der Waals surface area (Å²) in [4.78, 5) is 12.7. The molecule has 0 spiro atoms. The van der Waals surface area contributed by atoms with Gasteiger partial charge in [-0.25, -0.2) is 0 Å². The Balaban J connectivity index is 1.90. The zero-order valence-electron chi connectivity index (χ0n) is 16.8. The van der Waals surface area contributed by atoms with Gasteiger partial charge in [-0.15, -0.1) is 0 Å². The van der Waals surface area contributed by atoms with E-state index < -0.39 is 0 Å². The molecule has 0 saturated heterocycles. The van der Waals surface area contributed by atoms with E-state index >= 15 is 0 Å². The van der Waals surface area contributed by atoms with Gasteiger partial charge in [-0.05, 0) is 54.0 Å². The van der Waals surface area contributed by atoms with E-state index in [4.69, 9.17) is 4.74 Å². The number of ether oxygens (including phenoxy) is 1. The van der Waals surface area contributed by atoms with Crippen LogP contribution in [0.1, 0.15) is 63.5 Å². The SMILES string of the molecule is CCCC(=O)NC1(C)c2cccc3ccc(OC)c(c23)CC1C1CCCC1. The van der Waals surface area contributed by atoms with Crippen molar-refractivity contribution in [1.82, 2.24) is 5.32 Å². The van der Waals surface area contributed by atoms with E-state index in [9.17, 15) is 4.79 Å². The molecule has 0 aliphatic heterocycles. The van der Waals surface area contributed by atoms with E-state index in [-0.39, 0.29) is 11.4 Å². The van der Waals surface area contributed by atoms with Crippen molar-refractivity contribution < 1.29 is 9.53 Å². The lowest BCUT2D eigenvalue weighted by Gasteiger charge is -2.46. The smallest absolute Gasteiger partial charge is 0.220 e. The molecule has 1 amide bonds. The quantitative estimate of drug-likeness (QED) is 0.776. The van der Waals surface area contributed by atoms with Crippen molar-refractivity contribution in [3.8, 4) is 5.75 Å². The van der Waals surface area contributed by atoms with Gasteiger partial charge in [0.05, 0.1) is 12.6 Å². The number of hydrogen-bond donors (Lipinski definition) is 1. The van der Waals surface area contributed by atoms with Crippen molar-refractivity contribution in [2.24, 2.45) is 11.8 Å². The maximum absolute atomic E-state index is 12.7. The minimum Gasteiger partial charge on any atom is -0.496 e. The van der Waals surface area contributed by atoms with E-state index in [2.05, 4.69) is 49.5 Å². The number of rotatable bonds is 5. The molecule has 144 valence electrons. The van der Waals surface area contributed by atoms with Crippen molar-refractivity contribution in [2.45, 2.75) is 64.3 Å². The molecular formula is C24H31NO2. The Kier molecular flexibility index (Phi) is 4.88. The van der Waals surface area contributed by atoms with Gasteiger partial charge in [0.15, 0.2) is 0 Å². The second-order valence-corrected chi connectivity index (χ2v) is 8.51. The van der Waals surface area contributed by atoms with Crippen LogP contribution < -0.4 is 10.1 Å². The van der Waals surface area contributed by atoms with Gasteiger partial charge in [0, 0.05) is 12.0 Å². The molecule has 2 aliphatic carbocycles. The van der Waals surface area contributed by atoms with Crippen LogP contribution in [0, 0.1) is 11.8 Å². The molecule has 2 aromatic carbocycles. The fourth-order valence-corrected chi connectivity index (χ4v) is 5.62. The van der Waals surface area contributed by atoms with Gasteiger partial charge in [0.25, 0.3) is 0 Å². The average Bonchev–Trinajstić information content (AvgIpc) is 3.19. The highest BCUT2D eigenvalue weighted by Crippen LogP contribution is 2.51. The number of carbonyl (C=O) groups is 1. The lowest BCUT2D eigenvalue weighted by atomic mass is 9.64. The summed E-state index contributed by atoms with van der Waals surface area (Å²) >= 11 is 0. The van der Waals surface area contributed by atoms with Crippen LogP contribution in [0.5, 0.6) is 5.75 Å². The number of benzene rings is 2. The Bertz CT molecular complexity index is 853. The van der Waals surface area contributed by atoms with E-state index in [1.807, 2.05) is 0 Å². The van der Waals surface area contributed by atoms with Crippen LogP contribution in [-0.4, -0.2) is 13.0 Å². The summed E-state index contributed by atoms with van der Waals surface area (Å²) in [6.45, 7) is 4.33. The second kappa shape index (κ2) is 7.18. The van der Waals surface area contributed by atoms with Crippen LogP contribution in [0.25, 0.3) is 10.8 Å². The summed E-state index contributed by atoms with van der Waals surface area (Å²) in [5.41, 5.74) is 2.27. The topological polar surface area (TPSA) is 38.3 Å². The van der Waals surface area contributed by atoms with Gasteiger partial charge >= 0.3 is 0 Å². The predicted octanol–water partition coefficient (Wildman–Crippen LogP) is 5.34. The molecule has 1 N–H and O–H groups in total. The molecule has 2 unspecified atom stereocenters. The van der Waals surface area contributed by atoms with Crippen molar-refractivity contribution >= 4 is 16.7 Å². The molecule has 0 aromatic heterocycles. The van der Waals surface area contributed by atoms with Gasteiger partial charge in [-0.3, -0.25) is 4.79 Å². The third-order valence-electron chi connectivity index (χ3n) is 6.90. The predicted molar refractivity (Wildman–Crippen MR) is 110 cm³/mol. The molecule has 0 radical (unpaired) electrons. The first-order valence-electron chi connectivity index (χ1n) is 10.5. The van der Waals surface area contributed by atoms with Crippen LogP contribution in [0.15, 0.2) is 30.3 Å². The molecule has 2 atom stereocenters. The fourth-order valence-electron chi connectivity index (χ4n) is 5.62. The number of nitrogens with one attached hydrogen (secondary N) is 1. The van der Waals surface area contributed by atoms with Crippen LogP contribution in [-0.2, 0) is 16.8 Å². The monoisotopic (exact) mass is 365 g/mol. The van der Waals surface area contributed by atoms with E-state index in [1.165, 1.54) is 47.6 Å². The first-order chi connectivity index (χ1) is 13.1. The van der Waals surface area contributed by atoms with Crippen LogP contribution >= 0.6 is 0 Å². The molecule has 0 heterocycles. The molecule has 2 aromatic rings. The normalized spacial score (nSPS) is 24.9. The zero-order chi connectivity index (χ0) is 19.0. The number of methoxy groups -OCH3 is 1. The minimum atomic E-state index is -0.319. The highest BCUT2D eigenvalue weighted by atomic mass is 16.5. The molecule has 1 saturated carbocycles. The van der Waals surface area contributed by atoms with Gasteiger partial charge < -0.3 is 10.1 Å². The number of amides is 1. The van der Waals surface area contributed by atoms with Crippen LogP contribution in [0.3, 0.4) is 0 Å². The molecular weight excluding hydrogens is 334 g/mol. The van der Waals surface area contributed by atoms with Gasteiger partial charge in [-0.1, -0.05) is 56.9 Å². The summed E-state index contributed by atoms with van der Waals surface area (Å²) in [5, 5.41) is 6.00. The summed E-state index contributed by atoms with van der Waals surface area (Å²) in [6, 6.07) is 10.8. The highest BCUT2D eigenvalue weighted by molar-refractivity contribution is 5.93. The summed E-state index contributed by atoms with van der Waals surface area (Å²) in [6.07, 6.45) is 7.60. The Morgan fingerprint density at radius 3 is 2.70 bits per heavy atom. The van der Waals surface area contributed by atoms with Crippen molar-refractivity contribution in [2.75, 3.05) is 7.11 Å². The Morgan fingerprint density at radius 2 is 2.00 bits per heavy atom. The van der Waals surface area contributed by atoms with Crippen molar-refractivity contribution in [1.29, 1.82) is 0 Å². The Morgan fingerprint density at radius 1 is 1.22 bits per heavy atom. The Hall–Kier alpha value is -2.03. The minimum absolute atomic E-state index is 0.173. The Labute approximate surface area is 162 Å². The van der Waals surface area contributed by atoms with Gasteiger partial charge in [0.1, 0.15) is 5.75 Å². The van der Waals surface area contributed by atoms with Crippen molar-refractivity contribution in [3.05, 3.63) is 41.5 Å². The maximum atomic E-state index is 12.7. The number of carbonyl (C=O) groups excluding carboxylic acids is 1. The first kappa shape index (κ1) is 18.3. The van der Waals surface area contributed by atoms with E-state index in [0.29, 0.717) is 18.3 Å². The van der Waals surface area contributed by atoms with Crippen LogP contribution in [0.4, 0.5) is 0 Å². The standard InChI is InChI=1S/C24H31NO2/c1-4-8-22(26)25-24(2)19-12-7-11-17-13-14-21(27-3)18(23(17)19)15-20(24)16-9-5-6-10-16/h7,11-14,16,20H,4-6,8-10,15H2,1-3H3,(H,25,26). The maximum Gasteiger partial charge on any atom is 0.220 e. The van der Waals surface area contributed by atoms with E-state index in [1.54, 1.807) is 7.11 Å². The molecule has 0 bridgehead atoms. The molecule has 27 heavy (non-hydrogen) atoms. The highest BCUT2D eigenvalue weighted by Gasteiger charge is 2.46. The lowest BCUT2D eigenvalue weighted by molar-refractivity contribution is -0.124. The lowest BCUT2D eigenvalue weighted by Crippen LogP contribution is -2.53. The fraction of sp³-hybridized carbons (Fsp3) is 0.542. The molecule has 4 rings (SSSR count). The van der Waals surface area contributed by atoms with Gasteiger partial charge in [0.2, 0.25) is 5.91 Å². The largest absolute Gasteiger partial charge is 0.496 e. The zero-order valence-corrected chi connectivity index (χ0v) is 16.8. The summed E-state index contributed by atoms with van der Waals surface area (Å²) in [7, 11) is 1.77. The molecule has 2 aliphatic rings. The molecule has 3 nitrogen and oxygen atoms in total. The molecule has 3 heteroatoms. The second-order valence-electron chi connectivity index (χ2n) is 8.51.